The van der Waals surface area contributed by atoms with E-state index in [9.17, 15) is 9.50 Å². The van der Waals surface area contributed by atoms with E-state index in [0.717, 1.165) is 38.3 Å². The molecule has 0 unspecified atom stereocenters. The number of rotatable bonds is 6. The molecule has 2 bridgehead atoms. The number of fused-ring (bicyclic) bond motifs is 2. The average molecular weight is 523 g/mol. The fraction of sp³-hybridized carbons (Fsp3) is 0.500. The van der Waals surface area contributed by atoms with Gasteiger partial charge in [0.25, 0.3) is 0 Å². The number of ether oxygens (including phenoxy) is 1. The number of nitrogens with zero attached hydrogens (tertiary/aromatic N) is 5. The summed E-state index contributed by atoms with van der Waals surface area (Å²) in [7, 11) is 1.45. The molecule has 0 spiro atoms. The Morgan fingerprint density at radius 1 is 1.08 bits per heavy atom. The van der Waals surface area contributed by atoms with Gasteiger partial charge in [0.15, 0.2) is 0 Å². The summed E-state index contributed by atoms with van der Waals surface area (Å²) in [5.41, 5.74) is 0.829. The topological polar surface area (TPSA) is 96.3 Å². The van der Waals surface area contributed by atoms with E-state index in [-0.39, 0.29) is 34.8 Å². The van der Waals surface area contributed by atoms with Gasteiger partial charge in [0.1, 0.15) is 23.4 Å². The summed E-state index contributed by atoms with van der Waals surface area (Å²) >= 11 is 0. The number of aromatic nitrogens is 4. The number of aromatic hydroxyl groups is 1. The standard InChI is InChI=1S/C28H32F2N6O2/c1-27-9-4-10-28(2,35-27)25(30)22(13-27)36(17-6-7-17)26-32-15-21(33-34-26)18-8-5-16(11-23(18)37)19-12-24(38-3)31-14-20(19)29/h5,8,11-12,14-15,17,22,25,35,37H,4,6-7,9-10,13H2,1-3H3/t22-,25-,27-,28+/m0/s1. The maximum Gasteiger partial charge on any atom is 0.245 e. The Labute approximate surface area is 220 Å². The highest BCUT2D eigenvalue weighted by Crippen LogP contribution is 2.46. The van der Waals surface area contributed by atoms with Crippen molar-refractivity contribution in [2.45, 2.75) is 81.7 Å². The summed E-state index contributed by atoms with van der Waals surface area (Å²) in [4.78, 5) is 10.5. The Morgan fingerprint density at radius 3 is 2.58 bits per heavy atom. The molecule has 3 aliphatic rings. The molecule has 38 heavy (non-hydrogen) atoms. The molecule has 8 nitrogen and oxygen atoms in total. The van der Waals surface area contributed by atoms with Crippen molar-refractivity contribution >= 4 is 5.95 Å². The maximum atomic E-state index is 16.0. The van der Waals surface area contributed by atoms with Crippen LogP contribution in [-0.2, 0) is 0 Å². The van der Waals surface area contributed by atoms with Crippen LogP contribution in [0.4, 0.5) is 14.7 Å². The fourth-order valence-electron chi connectivity index (χ4n) is 6.36. The molecule has 0 amide bonds. The number of hydrogen-bond donors (Lipinski definition) is 2. The number of pyridine rings is 1. The molecule has 1 aliphatic carbocycles. The van der Waals surface area contributed by atoms with Crippen LogP contribution in [0.25, 0.3) is 22.4 Å². The predicted molar refractivity (Wildman–Crippen MR) is 139 cm³/mol. The SMILES string of the molecule is COc1cc(-c2ccc(-c3cnc(N(C4CC4)[C@H]4C[C@]5(C)CCC[C@@](C)(N5)[C@H]4F)nn3)c(O)c2)c(F)cn1. The Bertz CT molecular complexity index is 1350. The molecule has 4 heterocycles. The van der Waals surface area contributed by atoms with Crippen LogP contribution in [0, 0.1) is 5.82 Å². The van der Waals surface area contributed by atoms with Crippen molar-refractivity contribution in [2.75, 3.05) is 12.0 Å². The molecule has 1 saturated carbocycles. The van der Waals surface area contributed by atoms with Gasteiger partial charge in [-0.3, -0.25) is 0 Å². The fourth-order valence-corrected chi connectivity index (χ4v) is 6.36. The Morgan fingerprint density at radius 2 is 1.89 bits per heavy atom. The van der Waals surface area contributed by atoms with Gasteiger partial charge in [0.05, 0.1) is 25.5 Å². The number of phenolic OH excluding ortho intramolecular Hbond substituents is 1. The van der Waals surface area contributed by atoms with Gasteiger partial charge in [-0.15, -0.1) is 10.2 Å². The third kappa shape index (κ3) is 4.34. The van der Waals surface area contributed by atoms with Crippen molar-refractivity contribution in [3.8, 4) is 34.0 Å². The third-order valence-electron chi connectivity index (χ3n) is 8.32. The van der Waals surface area contributed by atoms with Crippen molar-refractivity contribution in [1.29, 1.82) is 0 Å². The Hall–Kier alpha value is -3.40. The van der Waals surface area contributed by atoms with Crippen LogP contribution >= 0.6 is 0 Å². The van der Waals surface area contributed by atoms with Crippen LogP contribution in [-0.4, -0.2) is 61.7 Å². The molecule has 200 valence electrons. The van der Waals surface area contributed by atoms with Gasteiger partial charge in [-0.2, -0.15) is 0 Å². The first-order chi connectivity index (χ1) is 18.2. The summed E-state index contributed by atoms with van der Waals surface area (Å²) in [6.45, 7) is 4.19. The monoisotopic (exact) mass is 522 g/mol. The quantitative estimate of drug-likeness (QED) is 0.476. The van der Waals surface area contributed by atoms with Crippen molar-refractivity contribution in [3.05, 3.63) is 42.5 Å². The molecule has 6 rings (SSSR count). The van der Waals surface area contributed by atoms with Gasteiger partial charge in [0.2, 0.25) is 11.8 Å². The van der Waals surface area contributed by atoms with Crippen LogP contribution < -0.4 is 15.0 Å². The summed E-state index contributed by atoms with van der Waals surface area (Å²) in [6, 6.07) is 6.14. The number of alkyl halides is 1. The Kier molecular flexibility index (Phi) is 5.97. The minimum Gasteiger partial charge on any atom is -0.507 e. The van der Waals surface area contributed by atoms with Gasteiger partial charge in [-0.05, 0) is 70.1 Å². The van der Waals surface area contributed by atoms with E-state index in [2.05, 4.69) is 32.4 Å². The molecule has 10 heteroatoms. The summed E-state index contributed by atoms with van der Waals surface area (Å²) in [6.07, 6.45) is 7.08. The number of piperidine rings is 2. The van der Waals surface area contributed by atoms with E-state index < -0.39 is 17.5 Å². The molecule has 0 radical (unpaired) electrons. The zero-order chi connectivity index (χ0) is 26.7. The van der Waals surface area contributed by atoms with Crippen molar-refractivity contribution in [1.82, 2.24) is 25.5 Å². The highest BCUT2D eigenvalue weighted by molar-refractivity contribution is 5.74. The van der Waals surface area contributed by atoms with E-state index >= 15 is 4.39 Å². The lowest BCUT2D eigenvalue weighted by Crippen LogP contribution is -2.73. The van der Waals surface area contributed by atoms with Crippen LogP contribution in [0.3, 0.4) is 0 Å². The largest absolute Gasteiger partial charge is 0.507 e. The van der Waals surface area contributed by atoms with Crippen LogP contribution in [0.5, 0.6) is 11.6 Å². The van der Waals surface area contributed by atoms with Gasteiger partial charge < -0.3 is 20.1 Å². The van der Waals surface area contributed by atoms with Crippen molar-refractivity contribution in [2.24, 2.45) is 0 Å². The van der Waals surface area contributed by atoms with E-state index in [1.807, 2.05) is 11.8 Å². The molecular weight excluding hydrogens is 490 g/mol. The van der Waals surface area contributed by atoms with Crippen molar-refractivity contribution in [3.63, 3.8) is 0 Å². The number of nitrogens with one attached hydrogen (secondary N) is 1. The molecule has 1 aromatic carbocycles. The number of benzene rings is 1. The minimum absolute atomic E-state index is 0.0866. The first kappa shape index (κ1) is 24.9. The number of hydrogen-bond acceptors (Lipinski definition) is 8. The van der Waals surface area contributed by atoms with Crippen molar-refractivity contribution < 1.29 is 18.6 Å². The first-order valence-corrected chi connectivity index (χ1v) is 13.1. The van der Waals surface area contributed by atoms with E-state index in [1.54, 1.807) is 18.3 Å². The number of halogens is 2. The second kappa shape index (κ2) is 9.11. The predicted octanol–water partition coefficient (Wildman–Crippen LogP) is 4.82. The zero-order valence-electron chi connectivity index (χ0n) is 21.8. The molecule has 2 aliphatic heterocycles. The van der Waals surface area contributed by atoms with Crippen LogP contribution in [0.15, 0.2) is 36.7 Å². The van der Waals surface area contributed by atoms with E-state index in [4.69, 9.17) is 4.74 Å². The molecule has 3 fully saturated rings. The first-order valence-electron chi connectivity index (χ1n) is 13.1. The van der Waals surface area contributed by atoms with Gasteiger partial charge in [0, 0.05) is 34.3 Å². The van der Waals surface area contributed by atoms with Gasteiger partial charge >= 0.3 is 0 Å². The minimum atomic E-state index is -1.05. The summed E-state index contributed by atoms with van der Waals surface area (Å²) in [5, 5.41) is 23.1. The lowest BCUT2D eigenvalue weighted by atomic mass is 9.68. The third-order valence-corrected chi connectivity index (χ3v) is 8.32. The highest BCUT2D eigenvalue weighted by Gasteiger charge is 2.56. The van der Waals surface area contributed by atoms with Gasteiger partial charge in [-0.1, -0.05) is 6.07 Å². The maximum absolute atomic E-state index is 16.0. The summed E-state index contributed by atoms with van der Waals surface area (Å²) in [5.74, 6) is 0.0705. The molecule has 2 aromatic heterocycles. The van der Waals surface area contributed by atoms with Crippen LogP contribution in [0.1, 0.15) is 52.4 Å². The lowest BCUT2D eigenvalue weighted by molar-refractivity contribution is 0.0000874. The Balaban J connectivity index is 1.28. The second-order valence-corrected chi connectivity index (χ2v) is 11.4. The van der Waals surface area contributed by atoms with E-state index in [1.165, 1.54) is 19.2 Å². The number of methoxy groups -OCH3 is 1. The lowest BCUT2D eigenvalue weighted by Gasteiger charge is -2.57. The van der Waals surface area contributed by atoms with Gasteiger partial charge in [-0.25, -0.2) is 18.7 Å². The molecule has 2 N–H and O–H groups in total. The molecular formula is C28H32F2N6O2. The smallest absolute Gasteiger partial charge is 0.245 e. The second-order valence-electron chi connectivity index (χ2n) is 11.4. The molecule has 3 aromatic rings. The van der Waals surface area contributed by atoms with E-state index in [0.29, 0.717) is 29.2 Å². The average Bonchev–Trinajstić information content (AvgIpc) is 3.73. The summed E-state index contributed by atoms with van der Waals surface area (Å²) < 4.78 is 35.5. The number of anilines is 1. The normalized spacial score (nSPS) is 28.7. The highest BCUT2D eigenvalue weighted by atomic mass is 19.1. The molecule has 2 saturated heterocycles. The van der Waals surface area contributed by atoms with Crippen LogP contribution in [0.2, 0.25) is 0 Å². The zero-order valence-corrected chi connectivity index (χ0v) is 21.8. The number of phenols is 1. The molecule has 4 atom stereocenters.